The van der Waals surface area contributed by atoms with Crippen LogP contribution in [0.5, 0.6) is 0 Å². The Hall–Kier alpha value is -0.730. The van der Waals surface area contributed by atoms with Gasteiger partial charge in [-0.1, -0.05) is 13.8 Å². The number of likely N-dealkylation sites (tertiary alicyclic amines) is 1. The molecule has 1 unspecified atom stereocenters. The maximum absolute atomic E-state index is 12.0. The molecule has 0 saturated carbocycles. The number of nitrogens with one attached hydrogen (secondary N) is 1. The highest BCUT2D eigenvalue weighted by molar-refractivity contribution is 5.75. The van der Waals surface area contributed by atoms with Crippen molar-refractivity contribution in [3.05, 3.63) is 0 Å². The van der Waals surface area contributed by atoms with Crippen molar-refractivity contribution in [3.63, 3.8) is 0 Å². The van der Waals surface area contributed by atoms with Crippen LogP contribution >= 0.6 is 0 Å². The third kappa shape index (κ3) is 4.03. The first-order chi connectivity index (χ1) is 7.29. The lowest BCUT2D eigenvalue weighted by Gasteiger charge is -2.36. The van der Waals surface area contributed by atoms with E-state index in [9.17, 15) is 4.79 Å². The van der Waals surface area contributed by atoms with Crippen molar-refractivity contribution in [3.8, 4) is 0 Å². The monoisotopic (exact) mass is 226 g/mol. The number of rotatable bonds is 1. The van der Waals surface area contributed by atoms with Crippen LogP contribution in [0, 0.1) is 11.8 Å². The average Bonchev–Trinajstić information content (AvgIpc) is 2.15. The quantitative estimate of drug-likeness (QED) is 0.732. The highest BCUT2D eigenvalue weighted by Gasteiger charge is 2.27. The van der Waals surface area contributed by atoms with Crippen molar-refractivity contribution in [2.75, 3.05) is 13.1 Å². The molecule has 3 heteroatoms. The minimum atomic E-state index is -0.137. The summed E-state index contributed by atoms with van der Waals surface area (Å²) in [5, 5.41) is 3.04. The largest absolute Gasteiger partial charge is 0.333 e. The summed E-state index contributed by atoms with van der Waals surface area (Å²) >= 11 is 0. The van der Waals surface area contributed by atoms with E-state index in [0.29, 0.717) is 11.8 Å². The van der Waals surface area contributed by atoms with Crippen LogP contribution in [0.1, 0.15) is 47.5 Å². The van der Waals surface area contributed by atoms with Gasteiger partial charge >= 0.3 is 6.03 Å². The molecule has 0 aliphatic carbocycles. The van der Waals surface area contributed by atoms with Crippen molar-refractivity contribution in [1.82, 2.24) is 10.2 Å². The lowest BCUT2D eigenvalue weighted by molar-refractivity contribution is 0.143. The van der Waals surface area contributed by atoms with E-state index in [1.54, 1.807) is 0 Å². The van der Waals surface area contributed by atoms with Gasteiger partial charge in [-0.15, -0.1) is 0 Å². The lowest BCUT2D eigenvalue weighted by atomic mass is 9.88. The summed E-state index contributed by atoms with van der Waals surface area (Å²) in [5.74, 6) is 1.34. The number of hydrogen-bond acceptors (Lipinski definition) is 1. The molecule has 0 spiro atoms. The fourth-order valence-electron chi connectivity index (χ4n) is 2.14. The molecule has 1 fully saturated rings. The molecular weight excluding hydrogens is 200 g/mol. The van der Waals surface area contributed by atoms with Crippen LogP contribution in [-0.4, -0.2) is 29.6 Å². The molecule has 94 valence electrons. The third-order valence-electron chi connectivity index (χ3n) is 3.17. The highest BCUT2D eigenvalue weighted by Crippen LogP contribution is 2.23. The normalized spacial score (nSPS) is 22.4. The molecule has 2 amide bonds. The first-order valence-corrected chi connectivity index (χ1v) is 6.36. The lowest BCUT2D eigenvalue weighted by Crippen LogP contribution is -2.51. The number of piperidine rings is 1. The number of amides is 2. The van der Waals surface area contributed by atoms with Gasteiger partial charge in [0.1, 0.15) is 0 Å². The Bertz CT molecular complexity index is 243. The van der Waals surface area contributed by atoms with Gasteiger partial charge in [0.05, 0.1) is 0 Å². The fraction of sp³-hybridized carbons (Fsp3) is 0.923. The molecule has 1 N–H and O–H groups in total. The molecule has 1 aliphatic heterocycles. The van der Waals surface area contributed by atoms with Crippen LogP contribution in [0.2, 0.25) is 0 Å². The predicted octanol–water partition coefficient (Wildman–Crippen LogP) is 2.86. The molecule has 0 aromatic rings. The zero-order valence-electron chi connectivity index (χ0n) is 11.3. The first-order valence-electron chi connectivity index (χ1n) is 6.36. The van der Waals surface area contributed by atoms with Gasteiger partial charge in [0, 0.05) is 18.6 Å². The summed E-state index contributed by atoms with van der Waals surface area (Å²) < 4.78 is 0. The summed E-state index contributed by atoms with van der Waals surface area (Å²) in [6.07, 6.45) is 2.40. The van der Waals surface area contributed by atoms with Crippen LogP contribution in [0.3, 0.4) is 0 Å². The Kier molecular flexibility index (Phi) is 4.22. The van der Waals surface area contributed by atoms with Crippen LogP contribution in [0.25, 0.3) is 0 Å². The molecule has 0 aromatic carbocycles. The smallest absolute Gasteiger partial charge is 0.317 e. The standard InChI is InChI=1S/C13H26N2O/c1-10(2)11-7-6-8-15(9-11)12(16)14-13(3,4)5/h10-11H,6-9H2,1-5H3,(H,14,16). The molecule has 0 bridgehead atoms. The summed E-state index contributed by atoms with van der Waals surface area (Å²) in [5.41, 5.74) is -0.137. The molecule has 1 heterocycles. The van der Waals surface area contributed by atoms with Gasteiger partial charge in [-0.25, -0.2) is 4.79 Å². The fourth-order valence-corrected chi connectivity index (χ4v) is 2.14. The van der Waals surface area contributed by atoms with E-state index in [-0.39, 0.29) is 11.6 Å². The Balaban J connectivity index is 2.50. The van der Waals surface area contributed by atoms with Gasteiger partial charge in [-0.05, 0) is 45.4 Å². The van der Waals surface area contributed by atoms with E-state index in [2.05, 4.69) is 19.2 Å². The molecule has 1 aliphatic rings. The van der Waals surface area contributed by atoms with Crippen LogP contribution in [0.15, 0.2) is 0 Å². The van der Waals surface area contributed by atoms with Gasteiger partial charge in [0.15, 0.2) is 0 Å². The first kappa shape index (κ1) is 13.3. The van der Waals surface area contributed by atoms with Gasteiger partial charge in [-0.3, -0.25) is 0 Å². The number of carbonyl (C=O) groups is 1. The van der Waals surface area contributed by atoms with E-state index in [1.807, 2.05) is 25.7 Å². The van der Waals surface area contributed by atoms with Crippen molar-refractivity contribution in [2.45, 2.75) is 53.0 Å². The molecule has 16 heavy (non-hydrogen) atoms. The zero-order chi connectivity index (χ0) is 12.3. The number of nitrogens with zero attached hydrogens (tertiary/aromatic N) is 1. The third-order valence-corrected chi connectivity index (χ3v) is 3.17. The SMILES string of the molecule is CC(C)C1CCCN(C(=O)NC(C)(C)C)C1. The molecule has 1 atom stereocenters. The Morgan fingerprint density at radius 2 is 2.00 bits per heavy atom. The average molecular weight is 226 g/mol. The second kappa shape index (κ2) is 5.07. The maximum Gasteiger partial charge on any atom is 0.317 e. The molecule has 3 nitrogen and oxygen atoms in total. The highest BCUT2D eigenvalue weighted by atomic mass is 16.2. The van der Waals surface area contributed by atoms with Crippen molar-refractivity contribution in [2.24, 2.45) is 11.8 Å². The molecular formula is C13H26N2O. The Morgan fingerprint density at radius 1 is 1.38 bits per heavy atom. The van der Waals surface area contributed by atoms with Gasteiger partial charge in [0.25, 0.3) is 0 Å². The second-order valence-corrected chi connectivity index (χ2v) is 6.27. The molecule has 0 aromatic heterocycles. The van der Waals surface area contributed by atoms with Crippen LogP contribution in [0.4, 0.5) is 4.79 Å². The van der Waals surface area contributed by atoms with Crippen LogP contribution < -0.4 is 5.32 Å². The van der Waals surface area contributed by atoms with Crippen molar-refractivity contribution >= 4 is 6.03 Å². The molecule has 1 rings (SSSR count). The summed E-state index contributed by atoms with van der Waals surface area (Å²) in [6, 6.07) is 0.0952. The summed E-state index contributed by atoms with van der Waals surface area (Å²) in [4.78, 5) is 14.0. The number of urea groups is 1. The van der Waals surface area contributed by atoms with E-state index in [0.717, 1.165) is 19.5 Å². The Morgan fingerprint density at radius 3 is 2.50 bits per heavy atom. The van der Waals surface area contributed by atoms with Gasteiger partial charge in [0.2, 0.25) is 0 Å². The maximum atomic E-state index is 12.0. The minimum Gasteiger partial charge on any atom is -0.333 e. The van der Waals surface area contributed by atoms with Crippen molar-refractivity contribution in [1.29, 1.82) is 0 Å². The zero-order valence-corrected chi connectivity index (χ0v) is 11.3. The second-order valence-electron chi connectivity index (χ2n) is 6.27. The van der Waals surface area contributed by atoms with E-state index in [1.165, 1.54) is 6.42 Å². The summed E-state index contributed by atoms with van der Waals surface area (Å²) in [7, 11) is 0. The number of carbonyl (C=O) groups excluding carboxylic acids is 1. The minimum absolute atomic E-state index is 0.0952. The van der Waals surface area contributed by atoms with Gasteiger partial charge in [-0.2, -0.15) is 0 Å². The molecule has 1 saturated heterocycles. The van der Waals surface area contributed by atoms with Crippen LogP contribution in [-0.2, 0) is 0 Å². The van der Waals surface area contributed by atoms with Crippen molar-refractivity contribution < 1.29 is 4.79 Å². The molecule has 0 radical (unpaired) electrons. The Labute approximate surface area is 99.6 Å². The predicted molar refractivity (Wildman–Crippen MR) is 67.4 cm³/mol. The van der Waals surface area contributed by atoms with Gasteiger partial charge < -0.3 is 10.2 Å². The summed E-state index contributed by atoms with van der Waals surface area (Å²) in [6.45, 7) is 12.4. The topological polar surface area (TPSA) is 32.3 Å². The number of hydrogen-bond donors (Lipinski definition) is 1. The van der Waals surface area contributed by atoms with E-state index < -0.39 is 0 Å². The van der Waals surface area contributed by atoms with E-state index in [4.69, 9.17) is 0 Å². The van der Waals surface area contributed by atoms with E-state index >= 15 is 0 Å².